The average molecular weight is 200 g/mol. The van der Waals surface area contributed by atoms with Gasteiger partial charge in [-0.15, -0.1) is 0 Å². The Kier molecular flexibility index (Phi) is 8.95. The number of aliphatic hydroxyl groups is 1. The highest BCUT2D eigenvalue weighted by Crippen LogP contribution is 2.10. The number of ketones is 1. The van der Waals surface area contributed by atoms with Crippen LogP contribution < -0.4 is 0 Å². The van der Waals surface area contributed by atoms with E-state index in [1.54, 1.807) is 0 Å². The molecule has 0 aliphatic carbocycles. The summed E-state index contributed by atoms with van der Waals surface area (Å²) in [6.45, 7) is 3.74. The van der Waals surface area contributed by atoms with E-state index in [2.05, 4.69) is 6.92 Å². The Hall–Kier alpha value is -0.370. The Bertz CT molecular complexity index is 143. The molecule has 0 rings (SSSR count). The van der Waals surface area contributed by atoms with Gasteiger partial charge >= 0.3 is 0 Å². The predicted octanol–water partition coefficient (Wildman–Crippen LogP) is 3.08. The number of aliphatic hydroxyl groups excluding tert-OH is 1. The Labute approximate surface area is 87.7 Å². The first-order chi connectivity index (χ1) is 6.66. The molecule has 0 radical (unpaired) electrons. The van der Waals surface area contributed by atoms with Crippen molar-refractivity contribution < 1.29 is 9.90 Å². The van der Waals surface area contributed by atoms with Crippen LogP contribution in [0, 0.1) is 0 Å². The maximum Gasteiger partial charge on any atom is 0.132 e. The topological polar surface area (TPSA) is 37.3 Å². The van der Waals surface area contributed by atoms with Crippen LogP contribution in [0.5, 0.6) is 0 Å². The van der Waals surface area contributed by atoms with Gasteiger partial charge in [-0.25, -0.2) is 0 Å². The fourth-order valence-electron chi connectivity index (χ4n) is 1.59. The highest BCUT2D eigenvalue weighted by Gasteiger charge is 2.05. The smallest absolute Gasteiger partial charge is 0.132 e. The number of hydrogen-bond donors (Lipinski definition) is 1. The number of rotatable bonds is 9. The molecule has 0 heterocycles. The lowest BCUT2D eigenvalue weighted by Gasteiger charge is -2.07. The third-order valence-corrected chi connectivity index (χ3v) is 2.41. The van der Waals surface area contributed by atoms with Gasteiger partial charge in [0.05, 0.1) is 6.10 Å². The Morgan fingerprint density at radius 1 is 1.14 bits per heavy atom. The van der Waals surface area contributed by atoms with Crippen molar-refractivity contribution in [1.82, 2.24) is 0 Å². The molecule has 2 nitrogen and oxygen atoms in total. The largest absolute Gasteiger partial charge is 0.393 e. The monoisotopic (exact) mass is 200 g/mol. The van der Waals surface area contributed by atoms with Gasteiger partial charge in [-0.2, -0.15) is 0 Å². The van der Waals surface area contributed by atoms with Crippen molar-refractivity contribution >= 4 is 5.78 Å². The number of carbonyl (C=O) groups excluding carboxylic acids is 1. The molecule has 1 atom stereocenters. The quantitative estimate of drug-likeness (QED) is 0.581. The molecule has 0 amide bonds. The molecular formula is C12H24O2. The molecule has 1 unspecified atom stereocenters. The molecule has 1 N–H and O–H groups in total. The van der Waals surface area contributed by atoms with Crippen LogP contribution in [0.25, 0.3) is 0 Å². The van der Waals surface area contributed by atoms with E-state index in [-0.39, 0.29) is 5.78 Å². The van der Waals surface area contributed by atoms with Crippen LogP contribution in [-0.2, 0) is 4.79 Å². The lowest BCUT2D eigenvalue weighted by Crippen LogP contribution is -2.10. The van der Waals surface area contributed by atoms with E-state index in [1.807, 2.05) is 0 Å². The van der Waals surface area contributed by atoms with E-state index in [4.69, 9.17) is 0 Å². The number of Topliss-reactive ketones (excluding diaryl/α,β-unsaturated/α-hetero) is 1. The molecule has 0 saturated heterocycles. The maximum atomic E-state index is 10.7. The molecule has 0 fully saturated rings. The summed E-state index contributed by atoms with van der Waals surface area (Å²) in [5.74, 6) is 0.0866. The first-order valence-electron chi connectivity index (χ1n) is 5.84. The van der Waals surface area contributed by atoms with E-state index < -0.39 is 6.10 Å². The van der Waals surface area contributed by atoms with E-state index in [1.165, 1.54) is 39.0 Å². The molecule has 0 aromatic heterocycles. The van der Waals surface area contributed by atoms with Crippen molar-refractivity contribution in [3.8, 4) is 0 Å². The summed E-state index contributed by atoms with van der Waals surface area (Å²) in [5, 5.41) is 9.40. The van der Waals surface area contributed by atoms with E-state index in [0.29, 0.717) is 6.42 Å². The van der Waals surface area contributed by atoms with Gasteiger partial charge in [-0.05, 0) is 13.3 Å². The lowest BCUT2D eigenvalue weighted by atomic mass is 10.0. The lowest BCUT2D eigenvalue weighted by molar-refractivity contribution is -0.118. The van der Waals surface area contributed by atoms with Crippen LogP contribution in [0.4, 0.5) is 0 Å². The minimum absolute atomic E-state index is 0.0866. The third kappa shape index (κ3) is 9.72. The summed E-state index contributed by atoms with van der Waals surface area (Å²) in [4.78, 5) is 10.7. The first kappa shape index (κ1) is 13.6. The highest BCUT2D eigenvalue weighted by atomic mass is 16.3. The van der Waals surface area contributed by atoms with Crippen molar-refractivity contribution in [1.29, 1.82) is 0 Å². The van der Waals surface area contributed by atoms with Gasteiger partial charge < -0.3 is 5.11 Å². The third-order valence-electron chi connectivity index (χ3n) is 2.41. The van der Waals surface area contributed by atoms with Crippen LogP contribution in [0.2, 0.25) is 0 Å². The molecular weight excluding hydrogens is 176 g/mol. The predicted molar refractivity (Wildman–Crippen MR) is 59.3 cm³/mol. The van der Waals surface area contributed by atoms with Crippen LogP contribution in [-0.4, -0.2) is 17.0 Å². The summed E-state index contributed by atoms with van der Waals surface area (Å²) < 4.78 is 0. The normalized spacial score (nSPS) is 12.8. The Morgan fingerprint density at radius 2 is 1.71 bits per heavy atom. The fraction of sp³-hybridized carbons (Fsp3) is 0.917. The summed E-state index contributed by atoms with van der Waals surface area (Å²) in [7, 11) is 0. The van der Waals surface area contributed by atoms with Gasteiger partial charge in [0.15, 0.2) is 0 Å². The van der Waals surface area contributed by atoms with Crippen molar-refractivity contribution in [3.05, 3.63) is 0 Å². The standard InChI is InChI=1S/C12H24O2/c1-3-4-5-6-7-8-9-12(14)10-11(2)13/h12,14H,3-10H2,1-2H3. The van der Waals surface area contributed by atoms with E-state index >= 15 is 0 Å². The number of unbranched alkanes of at least 4 members (excludes halogenated alkanes) is 5. The van der Waals surface area contributed by atoms with Gasteiger partial charge in [0, 0.05) is 6.42 Å². The average Bonchev–Trinajstić information content (AvgIpc) is 2.10. The molecule has 2 heteroatoms. The molecule has 0 aliphatic rings. The van der Waals surface area contributed by atoms with Gasteiger partial charge in [0.2, 0.25) is 0 Å². The summed E-state index contributed by atoms with van der Waals surface area (Å²) in [5.41, 5.74) is 0. The molecule has 14 heavy (non-hydrogen) atoms. The molecule has 0 saturated carbocycles. The van der Waals surface area contributed by atoms with Gasteiger partial charge in [0.25, 0.3) is 0 Å². The zero-order chi connectivity index (χ0) is 10.8. The zero-order valence-corrected chi connectivity index (χ0v) is 9.59. The number of carbonyl (C=O) groups is 1. The second-order valence-electron chi connectivity index (χ2n) is 4.12. The van der Waals surface area contributed by atoms with E-state index in [9.17, 15) is 9.90 Å². The van der Waals surface area contributed by atoms with Crippen LogP contribution in [0.15, 0.2) is 0 Å². The zero-order valence-electron chi connectivity index (χ0n) is 9.59. The van der Waals surface area contributed by atoms with Gasteiger partial charge in [0.1, 0.15) is 5.78 Å². The minimum Gasteiger partial charge on any atom is -0.393 e. The maximum absolute atomic E-state index is 10.7. The van der Waals surface area contributed by atoms with Crippen molar-refractivity contribution in [2.45, 2.75) is 71.3 Å². The fourth-order valence-corrected chi connectivity index (χ4v) is 1.59. The summed E-state index contributed by atoms with van der Waals surface area (Å²) in [6.07, 6.45) is 8.11. The van der Waals surface area contributed by atoms with Crippen molar-refractivity contribution in [2.24, 2.45) is 0 Å². The highest BCUT2D eigenvalue weighted by molar-refractivity contribution is 5.75. The van der Waals surface area contributed by atoms with Crippen molar-refractivity contribution in [2.75, 3.05) is 0 Å². The van der Waals surface area contributed by atoms with Crippen LogP contribution >= 0.6 is 0 Å². The van der Waals surface area contributed by atoms with Gasteiger partial charge in [-0.3, -0.25) is 4.79 Å². The van der Waals surface area contributed by atoms with Crippen molar-refractivity contribution in [3.63, 3.8) is 0 Å². The molecule has 84 valence electrons. The summed E-state index contributed by atoms with van der Waals surface area (Å²) in [6, 6.07) is 0. The molecule has 0 spiro atoms. The molecule has 0 aromatic rings. The summed E-state index contributed by atoms with van der Waals surface area (Å²) >= 11 is 0. The Balaban J connectivity index is 3.14. The van der Waals surface area contributed by atoms with E-state index in [0.717, 1.165) is 12.8 Å². The molecule has 0 aliphatic heterocycles. The minimum atomic E-state index is -0.404. The van der Waals surface area contributed by atoms with Gasteiger partial charge in [-0.1, -0.05) is 45.4 Å². The van der Waals surface area contributed by atoms with Crippen LogP contribution in [0.1, 0.15) is 65.2 Å². The SMILES string of the molecule is CCCCCCCCC(O)CC(C)=O. The molecule has 0 bridgehead atoms. The second kappa shape index (κ2) is 9.20. The Morgan fingerprint density at radius 3 is 2.29 bits per heavy atom. The number of hydrogen-bond acceptors (Lipinski definition) is 2. The molecule has 0 aromatic carbocycles. The second-order valence-corrected chi connectivity index (χ2v) is 4.12. The van der Waals surface area contributed by atoms with Crippen LogP contribution in [0.3, 0.4) is 0 Å². The first-order valence-corrected chi connectivity index (χ1v) is 5.84.